The molecule has 0 fully saturated rings. The molecule has 0 unspecified atom stereocenters. The molecule has 0 saturated carbocycles. The zero-order chi connectivity index (χ0) is 16.3. The van der Waals surface area contributed by atoms with Gasteiger partial charge in [0.05, 0.1) is 24.3 Å². The van der Waals surface area contributed by atoms with Crippen molar-refractivity contribution in [1.82, 2.24) is 4.90 Å². The van der Waals surface area contributed by atoms with Crippen LogP contribution in [-0.4, -0.2) is 29.9 Å². The Kier molecular flexibility index (Phi) is 4.96. The van der Waals surface area contributed by atoms with E-state index in [4.69, 9.17) is 9.05 Å². The van der Waals surface area contributed by atoms with Gasteiger partial charge in [0.1, 0.15) is 0 Å². The third-order valence-corrected chi connectivity index (χ3v) is 5.04. The van der Waals surface area contributed by atoms with Crippen LogP contribution in [0.3, 0.4) is 0 Å². The van der Waals surface area contributed by atoms with E-state index in [1.54, 1.807) is 38.1 Å². The summed E-state index contributed by atoms with van der Waals surface area (Å²) in [7, 11) is -3.48. The Labute approximate surface area is 129 Å². The normalized spacial score (nSPS) is 15.4. The van der Waals surface area contributed by atoms with Crippen LogP contribution in [0.2, 0.25) is 0 Å². The molecule has 1 aliphatic rings. The van der Waals surface area contributed by atoms with Crippen molar-refractivity contribution in [3.8, 4) is 0 Å². The van der Waals surface area contributed by atoms with Gasteiger partial charge in [0.15, 0.2) is 0 Å². The van der Waals surface area contributed by atoms with Gasteiger partial charge in [-0.1, -0.05) is 12.1 Å². The highest BCUT2D eigenvalue weighted by Gasteiger charge is 2.37. The number of amides is 2. The fraction of sp³-hybridized carbons (Fsp3) is 0.333. The lowest BCUT2D eigenvalue weighted by Crippen LogP contribution is -2.27. The standard InChI is InChI=1S/C15H18NO5P/c1-4-20-22(19,21-5-2)10-11(3)16-14(17)12-8-6-7-9-13(12)15(16)18/h6-10H,4-5H2,1-3H3/b11-10-. The average molecular weight is 323 g/mol. The van der Waals surface area contributed by atoms with Crippen LogP contribution >= 0.6 is 7.60 Å². The lowest BCUT2D eigenvalue weighted by atomic mass is 10.1. The molecule has 0 aliphatic carbocycles. The van der Waals surface area contributed by atoms with Gasteiger partial charge in [0.25, 0.3) is 11.8 Å². The molecule has 1 heterocycles. The highest BCUT2D eigenvalue weighted by molar-refractivity contribution is 7.57. The highest BCUT2D eigenvalue weighted by atomic mass is 31.2. The van der Waals surface area contributed by atoms with Crippen LogP contribution < -0.4 is 0 Å². The third-order valence-electron chi connectivity index (χ3n) is 3.11. The van der Waals surface area contributed by atoms with Crippen molar-refractivity contribution in [1.29, 1.82) is 0 Å². The summed E-state index contributed by atoms with van der Waals surface area (Å²) in [6.45, 7) is 5.31. The molecule has 0 aromatic heterocycles. The van der Waals surface area contributed by atoms with E-state index in [-0.39, 0.29) is 18.9 Å². The fourth-order valence-corrected chi connectivity index (χ4v) is 3.78. The predicted octanol–water partition coefficient (Wildman–Crippen LogP) is 3.41. The van der Waals surface area contributed by atoms with Gasteiger partial charge in [-0.15, -0.1) is 0 Å². The predicted molar refractivity (Wildman–Crippen MR) is 81.6 cm³/mol. The maximum atomic E-state index is 12.5. The molecule has 2 rings (SSSR count). The van der Waals surface area contributed by atoms with Gasteiger partial charge >= 0.3 is 7.60 Å². The van der Waals surface area contributed by atoms with Gasteiger partial charge in [0, 0.05) is 11.5 Å². The first-order valence-corrected chi connectivity index (χ1v) is 8.60. The third kappa shape index (κ3) is 3.04. The smallest absolute Gasteiger partial charge is 0.306 e. The van der Waals surface area contributed by atoms with Crippen LogP contribution in [0.5, 0.6) is 0 Å². The van der Waals surface area contributed by atoms with Gasteiger partial charge < -0.3 is 9.05 Å². The Hall–Kier alpha value is -1.75. The molecule has 0 spiro atoms. The molecule has 7 heteroatoms. The van der Waals surface area contributed by atoms with Crippen molar-refractivity contribution in [3.63, 3.8) is 0 Å². The second-order valence-electron chi connectivity index (χ2n) is 4.64. The summed E-state index contributed by atoms with van der Waals surface area (Å²) >= 11 is 0. The molecule has 22 heavy (non-hydrogen) atoms. The first-order valence-electron chi connectivity index (χ1n) is 6.99. The summed E-state index contributed by atoms with van der Waals surface area (Å²) in [5.74, 6) is 0.351. The summed E-state index contributed by atoms with van der Waals surface area (Å²) in [6.07, 6.45) is 0. The molecule has 6 nitrogen and oxygen atoms in total. The fourth-order valence-electron chi connectivity index (χ4n) is 2.27. The minimum absolute atomic E-state index is 0.198. The van der Waals surface area contributed by atoms with Gasteiger partial charge in [-0.2, -0.15) is 0 Å². The molecule has 0 radical (unpaired) electrons. The van der Waals surface area contributed by atoms with E-state index in [1.807, 2.05) is 0 Å². The van der Waals surface area contributed by atoms with Crippen LogP contribution in [0.4, 0.5) is 0 Å². The average Bonchev–Trinajstić information content (AvgIpc) is 2.71. The van der Waals surface area contributed by atoms with Crippen molar-refractivity contribution < 1.29 is 23.2 Å². The summed E-state index contributed by atoms with van der Waals surface area (Å²) in [4.78, 5) is 25.7. The molecule has 0 saturated heterocycles. The van der Waals surface area contributed by atoms with Crippen molar-refractivity contribution >= 4 is 19.4 Å². The Balaban J connectivity index is 2.36. The van der Waals surface area contributed by atoms with E-state index >= 15 is 0 Å². The van der Waals surface area contributed by atoms with Crippen LogP contribution in [0, 0.1) is 0 Å². The minimum Gasteiger partial charge on any atom is -0.306 e. The summed E-state index contributed by atoms with van der Waals surface area (Å²) in [6, 6.07) is 6.57. The van der Waals surface area contributed by atoms with E-state index in [0.717, 1.165) is 4.90 Å². The van der Waals surface area contributed by atoms with Gasteiger partial charge in [-0.3, -0.25) is 14.2 Å². The molecule has 1 aliphatic heterocycles. The zero-order valence-corrected chi connectivity index (χ0v) is 13.6. The SMILES string of the molecule is CCOP(=O)(/C=C(/C)N1C(=O)c2ccccc2C1=O)OCC. The van der Waals surface area contributed by atoms with Crippen molar-refractivity contribution in [2.45, 2.75) is 20.8 Å². The molecular weight excluding hydrogens is 305 g/mol. The monoisotopic (exact) mass is 323 g/mol. The lowest BCUT2D eigenvalue weighted by Gasteiger charge is -2.18. The molecule has 2 amide bonds. The van der Waals surface area contributed by atoms with E-state index in [2.05, 4.69) is 0 Å². The van der Waals surface area contributed by atoms with Crippen LogP contribution in [0.15, 0.2) is 35.8 Å². The van der Waals surface area contributed by atoms with Crippen LogP contribution in [0.25, 0.3) is 0 Å². The quantitative estimate of drug-likeness (QED) is 0.592. The number of benzene rings is 1. The molecule has 0 atom stereocenters. The van der Waals surface area contributed by atoms with E-state index in [0.29, 0.717) is 11.1 Å². The molecule has 0 bridgehead atoms. The number of rotatable bonds is 6. The minimum atomic E-state index is -3.48. The van der Waals surface area contributed by atoms with Gasteiger partial charge in [-0.25, -0.2) is 4.90 Å². The second kappa shape index (κ2) is 6.57. The maximum absolute atomic E-state index is 12.5. The molecule has 0 N–H and O–H groups in total. The summed E-state index contributed by atoms with van der Waals surface area (Å²) in [5, 5.41) is 0. The number of fused-ring (bicyclic) bond motifs is 1. The number of imide groups is 1. The van der Waals surface area contributed by atoms with Crippen LogP contribution in [0.1, 0.15) is 41.5 Å². The number of nitrogens with zero attached hydrogens (tertiary/aromatic N) is 1. The highest BCUT2D eigenvalue weighted by Crippen LogP contribution is 2.51. The molecule has 118 valence electrons. The van der Waals surface area contributed by atoms with Gasteiger partial charge in [0.2, 0.25) is 0 Å². The Morgan fingerprint density at radius 1 is 1.09 bits per heavy atom. The molecular formula is C15H18NO5P. The summed E-state index contributed by atoms with van der Waals surface area (Å²) in [5.41, 5.74) is 0.905. The van der Waals surface area contributed by atoms with Crippen molar-refractivity contribution in [2.75, 3.05) is 13.2 Å². The molecule has 1 aromatic rings. The zero-order valence-electron chi connectivity index (χ0n) is 12.7. The topological polar surface area (TPSA) is 72.9 Å². The number of carbonyl (C=O) groups excluding carboxylic acids is 2. The Morgan fingerprint density at radius 3 is 1.95 bits per heavy atom. The number of hydrogen-bond acceptors (Lipinski definition) is 5. The van der Waals surface area contributed by atoms with E-state index in [9.17, 15) is 14.2 Å². The number of carbonyl (C=O) groups is 2. The van der Waals surface area contributed by atoms with Crippen LogP contribution in [-0.2, 0) is 13.6 Å². The first kappa shape index (κ1) is 16.6. The summed E-state index contributed by atoms with van der Waals surface area (Å²) < 4.78 is 22.8. The second-order valence-corrected chi connectivity index (χ2v) is 6.49. The van der Waals surface area contributed by atoms with Gasteiger partial charge in [-0.05, 0) is 32.9 Å². The Morgan fingerprint density at radius 2 is 1.55 bits per heavy atom. The largest absolute Gasteiger partial charge is 0.355 e. The first-order chi connectivity index (χ1) is 10.4. The maximum Gasteiger partial charge on any atom is 0.355 e. The van der Waals surface area contributed by atoms with Crippen molar-refractivity contribution in [3.05, 3.63) is 46.9 Å². The Bertz CT molecular complexity index is 637. The number of allylic oxidation sites excluding steroid dienone is 1. The van der Waals surface area contributed by atoms with E-state index < -0.39 is 19.4 Å². The lowest BCUT2D eigenvalue weighted by molar-refractivity contribution is 0.0705. The number of hydrogen-bond donors (Lipinski definition) is 0. The molecule has 1 aromatic carbocycles. The van der Waals surface area contributed by atoms with Crippen molar-refractivity contribution in [2.24, 2.45) is 0 Å². The van der Waals surface area contributed by atoms with E-state index in [1.165, 1.54) is 12.7 Å².